The lowest BCUT2D eigenvalue weighted by atomic mass is 9.43. The van der Waals surface area contributed by atoms with Gasteiger partial charge in [0.2, 0.25) is 0 Å². The van der Waals surface area contributed by atoms with Crippen LogP contribution >= 0.6 is 0 Å². The monoisotopic (exact) mass is 286 g/mol. The maximum absolute atomic E-state index is 13.3. The highest BCUT2D eigenvalue weighted by Crippen LogP contribution is 2.66. The molecule has 0 amide bonds. The van der Waals surface area contributed by atoms with Crippen molar-refractivity contribution < 1.29 is 4.79 Å². The van der Waals surface area contributed by atoms with Crippen molar-refractivity contribution in [3.63, 3.8) is 0 Å². The van der Waals surface area contributed by atoms with E-state index in [1.807, 2.05) is 0 Å². The zero-order chi connectivity index (χ0) is 14.2. The molecular formula is C20H30O. The molecule has 6 fully saturated rings. The molecule has 0 spiro atoms. The molecule has 0 saturated heterocycles. The average molecular weight is 286 g/mol. The number of Topliss-reactive ketones (excluding diaryl/α,β-unsaturated/α-hetero) is 1. The normalized spacial score (nSPS) is 57.1. The van der Waals surface area contributed by atoms with Crippen molar-refractivity contribution in [3.05, 3.63) is 0 Å². The molecule has 0 heterocycles. The van der Waals surface area contributed by atoms with Crippen LogP contribution in [0.4, 0.5) is 0 Å². The predicted molar refractivity (Wildman–Crippen MR) is 83.8 cm³/mol. The van der Waals surface area contributed by atoms with Gasteiger partial charge in [-0.05, 0) is 92.8 Å². The van der Waals surface area contributed by atoms with E-state index in [9.17, 15) is 4.79 Å². The van der Waals surface area contributed by atoms with Gasteiger partial charge in [-0.2, -0.15) is 0 Å². The molecule has 6 aliphatic carbocycles. The number of hydrogen-bond donors (Lipinski definition) is 0. The van der Waals surface area contributed by atoms with Gasteiger partial charge < -0.3 is 0 Å². The minimum Gasteiger partial charge on any atom is -0.299 e. The van der Waals surface area contributed by atoms with Gasteiger partial charge in [-0.15, -0.1) is 0 Å². The van der Waals surface area contributed by atoms with E-state index in [1.54, 1.807) is 0 Å². The van der Waals surface area contributed by atoms with Gasteiger partial charge in [-0.25, -0.2) is 0 Å². The molecule has 6 bridgehead atoms. The Morgan fingerprint density at radius 1 is 0.952 bits per heavy atom. The standard InChI is InChI=1S/C20H30O/c1-19-8-14-4-15(9-19)11-20(10-14,12-19)18(21)7-17-6-13-2-3-16(17)5-13/h13-17H,2-12H2,1H3. The minimum absolute atomic E-state index is 0.140. The number of hydrogen-bond acceptors (Lipinski definition) is 1. The van der Waals surface area contributed by atoms with Crippen molar-refractivity contribution in [2.75, 3.05) is 0 Å². The molecule has 0 aliphatic heterocycles. The maximum Gasteiger partial charge on any atom is 0.139 e. The molecular weight excluding hydrogens is 256 g/mol. The Morgan fingerprint density at radius 2 is 1.71 bits per heavy atom. The van der Waals surface area contributed by atoms with Crippen LogP contribution in [0.1, 0.15) is 77.6 Å². The summed E-state index contributed by atoms with van der Waals surface area (Å²) in [7, 11) is 0. The smallest absolute Gasteiger partial charge is 0.139 e. The Morgan fingerprint density at radius 3 is 2.29 bits per heavy atom. The molecule has 1 nitrogen and oxygen atoms in total. The van der Waals surface area contributed by atoms with Crippen molar-refractivity contribution in [3.8, 4) is 0 Å². The van der Waals surface area contributed by atoms with E-state index in [-0.39, 0.29) is 5.41 Å². The number of carbonyl (C=O) groups is 1. The van der Waals surface area contributed by atoms with Crippen LogP contribution in [0.25, 0.3) is 0 Å². The van der Waals surface area contributed by atoms with Crippen molar-refractivity contribution in [1.82, 2.24) is 0 Å². The summed E-state index contributed by atoms with van der Waals surface area (Å²) >= 11 is 0. The summed E-state index contributed by atoms with van der Waals surface area (Å²) in [6.07, 6.45) is 14.7. The highest BCUT2D eigenvalue weighted by Gasteiger charge is 2.58. The molecule has 21 heavy (non-hydrogen) atoms. The van der Waals surface area contributed by atoms with Crippen LogP contribution in [0.3, 0.4) is 0 Å². The highest BCUT2D eigenvalue weighted by molar-refractivity contribution is 5.85. The summed E-state index contributed by atoms with van der Waals surface area (Å²) in [6.45, 7) is 2.49. The van der Waals surface area contributed by atoms with Crippen LogP contribution < -0.4 is 0 Å². The van der Waals surface area contributed by atoms with Gasteiger partial charge in [0.1, 0.15) is 5.78 Å². The molecule has 0 radical (unpaired) electrons. The Bertz CT molecular complexity index is 464. The molecule has 6 aliphatic rings. The fraction of sp³-hybridized carbons (Fsp3) is 0.950. The Hall–Kier alpha value is -0.330. The first-order chi connectivity index (χ1) is 10.0. The first-order valence-corrected chi connectivity index (χ1v) is 9.57. The van der Waals surface area contributed by atoms with Crippen molar-refractivity contribution in [2.24, 2.45) is 40.4 Å². The summed E-state index contributed by atoms with van der Waals surface area (Å²) in [5, 5.41) is 0. The van der Waals surface area contributed by atoms with Crippen molar-refractivity contribution in [2.45, 2.75) is 77.6 Å². The van der Waals surface area contributed by atoms with Crippen molar-refractivity contribution >= 4 is 5.78 Å². The van der Waals surface area contributed by atoms with Crippen LogP contribution in [0.5, 0.6) is 0 Å². The van der Waals surface area contributed by atoms with E-state index in [1.165, 1.54) is 64.2 Å². The zero-order valence-electron chi connectivity index (χ0n) is 13.6. The van der Waals surface area contributed by atoms with Gasteiger partial charge in [0.15, 0.2) is 0 Å². The average Bonchev–Trinajstić information content (AvgIpc) is 2.97. The first kappa shape index (κ1) is 13.1. The fourth-order valence-corrected chi connectivity index (χ4v) is 8.13. The Balaban J connectivity index is 1.36. The third kappa shape index (κ3) is 1.91. The van der Waals surface area contributed by atoms with Gasteiger partial charge in [0.25, 0.3) is 0 Å². The zero-order valence-corrected chi connectivity index (χ0v) is 13.6. The molecule has 116 valence electrons. The van der Waals surface area contributed by atoms with E-state index in [4.69, 9.17) is 0 Å². The fourth-order valence-electron chi connectivity index (χ4n) is 8.13. The predicted octanol–water partition coefficient (Wildman–Crippen LogP) is 4.99. The molecule has 6 saturated carbocycles. The molecule has 1 heteroatoms. The molecule has 0 aromatic carbocycles. The maximum atomic E-state index is 13.3. The van der Waals surface area contributed by atoms with Crippen LogP contribution in [0.2, 0.25) is 0 Å². The Labute approximate surface area is 129 Å². The summed E-state index contributed by atoms with van der Waals surface area (Å²) in [5.74, 6) is 5.17. The molecule has 5 unspecified atom stereocenters. The Kier molecular flexibility index (Phi) is 2.59. The molecule has 5 atom stereocenters. The van der Waals surface area contributed by atoms with Gasteiger partial charge in [-0.1, -0.05) is 13.3 Å². The summed E-state index contributed by atoms with van der Waals surface area (Å²) in [4.78, 5) is 13.3. The lowest BCUT2D eigenvalue weighted by Gasteiger charge is -2.60. The second kappa shape index (κ2) is 4.15. The first-order valence-electron chi connectivity index (χ1n) is 9.57. The third-order valence-corrected chi connectivity index (χ3v) is 8.28. The molecule has 0 aromatic rings. The van der Waals surface area contributed by atoms with Crippen molar-refractivity contribution in [1.29, 1.82) is 0 Å². The SMILES string of the molecule is CC12CC3CC(C1)CC(C(=O)CC1CC4CCC1C4)(C3)C2. The minimum atomic E-state index is 0.140. The van der Waals surface area contributed by atoms with E-state index in [0.717, 1.165) is 36.0 Å². The molecule has 0 N–H and O–H groups in total. The van der Waals surface area contributed by atoms with E-state index < -0.39 is 0 Å². The van der Waals surface area contributed by atoms with E-state index in [2.05, 4.69) is 6.92 Å². The number of carbonyl (C=O) groups excluding carboxylic acids is 1. The quantitative estimate of drug-likeness (QED) is 0.714. The van der Waals surface area contributed by atoms with E-state index in [0.29, 0.717) is 11.2 Å². The van der Waals surface area contributed by atoms with E-state index >= 15 is 0 Å². The summed E-state index contributed by atoms with van der Waals surface area (Å²) in [6, 6.07) is 0. The van der Waals surface area contributed by atoms with Gasteiger partial charge >= 0.3 is 0 Å². The van der Waals surface area contributed by atoms with Gasteiger partial charge in [-0.3, -0.25) is 4.79 Å². The number of rotatable bonds is 3. The number of ketones is 1. The second-order valence-electron chi connectivity index (χ2n) is 10.1. The number of fused-ring (bicyclic) bond motifs is 2. The largest absolute Gasteiger partial charge is 0.299 e. The lowest BCUT2D eigenvalue weighted by Crippen LogP contribution is -2.54. The molecule has 6 rings (SSSR count). The van der Waals surface area contributed by atoms with Crippen LogP contribution in [-0.2, 0) is 4.79 Å². The van der Waals surface area contributed by atoms with Gasteiger partial charge in [0.05, 0.1) is 0 Å². The third-order valence-electron chi connectivity index (χ3n) is 8.28. The summed E-state index contributed by atoms with van der Waals surface area (Å²) < 4.78 is 0. The highest BCUT2D eigenvalue weighted by atomic mass is 16.1. The summed E-state index contributed by atoms with van der Waals surface area (Å²) in [5.41, 5.74) is 0.662. The van der Waals surface area contributed by atoms with Crippen LogP contribution in [0, 0.1) is 40.4 Å². The topological polar surface area (TPSA) is 17.1 Å². The van der Waals surface area contributed by atoms with Crippen LogP contribution in [-0.4, -0.2) is 5.78 Å². The molecule has 0 aromatic heterocycles. The van der Waals surface area contributed by atoms with Gasteiger partial charge in [0, 0.05) is 11.8 Å². The van der Waals surface area contributed by atoms with Crippen LogP contribution in [0.15, 0.2) is 0 Å². The second-order valence-corrected chi connectivity index (χ2v) is 10.1. The lowest BCUT2D eigenvalue weighted by molar-refractivity contribution is -0.154.